The van der Waals surface area contributed by atoms with Gasteiger partial charge in [0, 0.05) is 20.8 Å². The zero-order chi connectivity index (χ0) is 30.1. The third kappa shape index (κ3) is 7.87. The molecule has 1 amide bonds. The molecule has 1 fully saturated rings. The van der Waals surface area contributed by atoms with Gasteiger partial charge in [-0.2, -0.15) is 0 Å². The van der Waals surface area contributed by atoms with Gasteiger partial charge in [-0.3, -0.25) is 19.3 Å². The van der Waals surface area contributed by atoms with Crippen LogP contribution in [0.15, 0.2) is 84.9 Å². The molecule has 4 atom stereocenters. The molecule has 10 nitrogen and oxygen atoms in total. The van der Waals surface area contributed by atoms with Gasteiger partial charge in [-0.15, -0.1) is 0 Å². The highest BCUT2D eigenvalue weighted by molar-refractivity contribution is 5.72. The summed E-state index contributed by atoms with van der Waals surface area (Å²) in [5.74, 6) is -1.32. The maximum absolute atomic E-state index is 13.7. The van der Waals surface area contributed by atoms with E-state index in [1.54, 1.807) is 24.3 Å². The molecule has 0 N–H and O–H groups in total. The number of likely N-dealkylation sites (tertiary alicyclic amines) is 1. The average molecular weight is 576 g/mol. The molecule has 0 aromatic heterocycles. The van der Waals surface area contributed by atoms with Crippen molar-refractivity contribution in [1.29, 1.82) is 0 Å². The van der Waals surface area contributed by atoms with Crippen LogP contribution in [0.25, 0.3) is 0 Å². The number of amides is 1. The van der Waals surface area contributed by atoms with Crippen LogP contribution >= 0.6 is 0 Å². The van der Waals surface area contributed by atoms with Gasteiger partial charge in [0.2, 0.25) is 0 Å². The molecule has 220 valence electrons. The molecule has 4 rings (SSSR count). The summed E-state index contributed by atoms with van der Waals surface area (Å²) in [6.45, 7) is 3.66. The molecule has 3 aromatic rings. The fraction of sp³-hybridized carbons (Fsp3) is 0.312. The Bertz CT molecular complexity index is 1360. The molecule has 1 aliphatic rings. The van der Waals surface area contributed by atoms with Crippen molar-refractivity contribution in [2.24, 2.45) is 0 Å². The van der Waals surface area contributed by atoms with Gasteiger partial charge in [0.05, 0.1) is 0 Å². The monoisotopic (exact) mass is 575 g/mol. The summed E-state index contributed by atoms with van der Waals surface area (Å²) < 4.78 is 28.1. The van der Waals surface area contributed by atoms with Gasteiger partial charge in [-0.05, 0) is 28.8 Å². The van der Waals surface area contributed by atoms with Gasteiger partial charge < -0.3 is 23.7 Å². The van der Waals surface area contributed by atoms with Gasteiger partial charge in [0.15, 0.2) is 12.2 Å². The van der Waals surface area contributed by atoms with Gasteiger partial charge in [-0.1, -0.05) is 72.8 Å². The Kier molecular flexibility index (Phi) is 10.1. The third-order valence-corrected chi connectivity index (χ3v) is 6.62. The Labute approximate surface area is 244 Å². The number of benzene rings is 3. The summed E-state index contributed by atoms with van der Waals surface area (Å²) in [5, 5.41) is 0. The molecule has 1 aliphatic heterocycles. The second-order valence-electron chi connectivity index (χ2n) is 9.75. The van der Waals surface area contributed by atoms with Gasteiger partial charge in [-0.25, -0.2) is 4.79 Å². The molecule has 0 spiro atoms. The van der Waals surface area contributed by atoms with E-state index >= 15 is 0 Å². The van der Waals surface area contributed by atoms with E-state index in [2.05, 4.69) is 0 Å². The maximum Gasteiger partial charge on any atom is 0.411 e. The lowest BCUT2D eigenvalue weighted by Gasteiger charge is -2.30. The molecule has 0 saturated carbocycles. The Morgan fingerprint density at radius 3 is 1.74 bits per heavy atom. The summed E-state index contributed by atoms with van der Waals surface area (Å²) in [7, 11) is 0. The van der Waals surface area contributed by atoms with Gasteiger partial charge in [0.1, 0.15) is 37.7 Å². The highest BCUT2D eigenvalue weighted by atomic mass is 16.6. The van der Waals surface area contributed by atoms with Crippen LogP contribution in [0, 0.1) is 0 Å². The normalized spacial score (nSPS) is 19.5. The summed E-state index contributed by atoms with van der Waals surface area (Å²) in [6.07, 6.45) is -3.03. The van der Waals surface area contributed by atoms with Crippen molar-refractivity contribution in [1.82, 2.24) is 4.90 Å². The van der Waals surface area contributed by atoms with E-state index in [0.717, 1.165) is 11.1 Å². The largest absolute Gasteiger partial charge is 0.489 e. The number of ether oxygens (including phenoxy) is 5. The molecule has 42 heavy (non-hydrogen) atoms. The fourth-order valence-electron chi connectivity index (χ4n) is 4.85. The number of nitrogens with zero attached hydrogens (tertiary/aromatic N) is 1. The molecule has 10 heteroatoms. The van der Waals surface area contributed by atoms with Crippen LogP contribution in [0.3, 0.4) is 0 Å². The number of rotatable bonds is 10. The highest BCUT2D eigenvalue weighted by Crippen LogP contribution is 2.41. The smallest absolute Gasteiger partial charge is 0.411 e. The topological polar surface area (TPSA) is 118 Å². The van der Waals surface area contributed by atoms with Crippen LogP contribution in [0.2, 0.25) is 0 Å². The van der Waals surface area contributed by atoms with Crippen LogP contribution in [0.1, 0.15) is 43.5 Å². The van der Waals surface area contributed by atoms with Crippen molar-refractivity contribution in [3.8, 4) is 5.75 Å². The zero-order valence-electron chi connectivity index (χ0n) is 23.6. The lowest BCUT2D eigenvalue weighted by Crippen LogP contribution is -2.45. The van der Waals surface area contributed by atoms with Crippen molar-refractivity contribution in [2.45, 2.75) is 58.3 Å². The van der Waals surface area contributed by atoms with Crippen LogP contribution in [0.4, 0.5) is 4.79 Å². The number of hydrogen-bond donors (Lipinski definition) is 0. The van der Waals surface area contributed by atoms with Crippen molar-refractivity contribution >= 4 is 24.0 Å². The first-order chi connectivity index (χ1) is 20.2. The predicted octanol–water partition coefficient (Wildman–Crippen LogP) is 4.75. The molecule has 3 aromatic carbocycles. The zero-order valence-corrected chi connectivity index (χ0v) is 23.6. The molecular weight excluding hydrogens is 542 g/mol. The quantitative estimate of drug-likeness (QED) is 0.249. The van der Waals surface area contributed by atoms with Gasteiger partial charge in [0.25, 0.3) is 0 Å². The number of carbonyl (C=O) groups is 4. The first-order valence-corrected chi connectivity index (χ1v) is 13.5. The van der Waals surface area contributed by atoms with E-state index in [9.17, 15) is 19.2 Å². The molecule has 0 aliphatic carbocycles. The SMILES string of the molecule is CC(=O)OC[C@@H]1[C@@H](OC(C)=O)[C@H](OC(C)=O)[C@@H](c2ccc(OCc3ccccc3)cc2)N1C(=O)OCc1ccccc1. The minimum absolute atomic E-state index is 0.0358. The molecule has 0 bridgehead atoms. The second-order valence-corrected chi connectivity index (χ2v) is 9.75. The Hall–Kier alpha value is -4.86. The first-order valence-electron chi connectivity index (χ1n) is 13.5. The summed E-state index contributed by atoms with van der Waals surface area (Å²) in [4.78, 5) is 51.2. The molecule has 0 radical (unpaired) electrons. The fourth-order valence-corrected chi connectivity index (χ4v) is 4.85. The minimum atomic E-state index is -1.14. The Balaban J connectivity index is 1.68. The Morgan fingerprint density at radius 2 is 1.19 bits per heavy atom. The summed E-state index contributed by atoms with van der Waals surface area (Å²) >= 11 is 0. The van der Waals surface area contributed by atoms with E-state index in [0.29, 0.717) is 17.9 Å². The van der Waals surface area contributed by atoms with Gasteiger partial charge >= 0.3 is 24.0 Å². The summed E-state index contributed by atoms with van der Waals surface area (Å²) in [5.41, 5.74) is 2.32. The van der Waals surface area contributed by atoms with Crippen molar-refractivity contribution in [2.75, 3.05) is 6.61 Å². The Morgan fingerprint density at radius 1 is 0.643 bits per heavy atom. The van der Waals surface area contributed by atoms with E-state index in [1.807, 2.05) is 60.7 Å². The number of hydrogen-bond acceptors (Lipinski definition) is 9. The van der Waals surface area contributed by atoms with E-state index in [4.69, 9.17) is 23.7 Å². The standard InChI is InChI=1S/C32H33NO9/c1-21(34)38-20-28-30(41-22(2)35)31(42-23(3)36)29(33(28)32(37)40-19-25-12-8-5-9-13-25)26-14-16-27(17-15-26)39-18-24-10-6-4-7-11-24/h4-17,28-31H,18-20H2,1-3H3/t28-,29-,30-,31-/m1/s1. The molecule has 1 saturated heterocycles. The lowest BCUT2D eigenvalue weighted by atomic mass is 10.00. The molecule has 1 heterocycles. The summed E-state index contributed by atoms with van der Waals surface area (Å²) in [6, 6.07) is 23.8. The van der Waals surface area contributed by atoms with Crippen molar-refractivity contribution in [3.05, 3.63) is 102 Å². The van der Waals surface area contributed by atoms with E-state index < -0.39 is 48.3 Å². The van der Waals surface area contributed by atoms with Crippen LogP contribution in [-0.4, -0.2) is 53.8 Å². The average Bonchev–Trinajstić information content (AvgIpc) is 3.26. The highest BCUT2D eigenvalue weighted by Gasteiger charge is 2.56. The second kappa shape index (κ2) is 14.2. The number of esters is 3. The van der Waals surface area contributed by atoms with Crippen molar-refractivity contribution < 1.29 is 42.9 Å². The van der Waals surface area contributed by atoms with E-state index in [-0.39, 0.29) is 13.2 Å². The van der Waals surface area contributed by atoms with Crippen molar-refractivity contribution in [3.63, 3.8) is 0 Å². The maximum atomic E-state index is 13.7. The first kappa shape index (κ1) is 30.1. The molecule has 0 unspecified atom stereocenters. The third-order valence-electron chi connectivity index (χ3n) is 6.62. The number of carbonyl (C=O) groups excluding carboxylic acids is 4. The van der Waals surface area contributed by atoms with Crippen LogP contribution in [0.5, 0.6) is 5.75 Å². The lowest BCUT2D eigenvalue weighted by molar-refractivity contribution is -0.165. The van der Waals surface area contributed by atoms with E-state index in [1.165, 1.54) is 25.7 Å². The molecular formula is C32H33NO9. The van der Waals surface area contributed by atoms with Crippen LogP contribution in [-0.2, 0) is 46.5 Å². The minimum Gasteiger partial charge on any atom is -0.489 e. The van der Waals surface area contributed by atoms with Crippen LogP contribution < -0.4 is 4.74 Å². The predicted molar refractivity (Wildman–Crippen MR) is 150 cm³/mol.